The van der Waals surface area contributed by atoms with E-state index in [-0.39, 0.29) is 30.4 Å². The number of likely N-dealkylation sites (tertiary alicyclic amines) is 2. The van der Waals surface area contributed by atoms with Crippen molar-refractivity contribution in [3.8, 4) is 0 Å². The Morgan fingerprint density at radius 2 is 1.94 bits per heavy atom. The number of cyclic esters (lactones) is 1. The van der Waals surface area contributed by atoms with Crippen LogP contribution in [0.3, 0.4) is 0 Å². The van der Waals surface area contributed by atoms with Gasteiger partial charge < -0.3 is 19.3 Å². The number of piperidine rings is 1. The lowest BCUT2D eigenvalue weighted by molar-refractivity contribution is -0.148. The van der Waals surface area contributed by atoms with Gasteiger partial charge in [0.15, 0.2) is 5.78 Å². The number of esters is 1. The lowest BCUT2D eigenvalue weighted by Gasteiger charge is -2.43. The maximum Gasteiger partial charge on any atom is 0.336 e. The number of benzene rings is 1. The summed E-state index contributed by atoms with van der Waals surface area (Å²) in [6.45, 7) is 10.8. The van der Waals surface area contributed by atoms with Crippen LogP contribution >= 0.6 is 0 Å². The molecular weight excluding hydrogens is 432 g/mol. The third kappa shape index (κ3) is 4.09. The topological polar surface area (TPSA) is 76.2 Å². The molecule has 0 aromatic heterocycles. The van der Waals surface area contributed by atoms with Crippen LogP contribution < -0.4 is 0 Å². The summed E-state index contributed by atoms with van der Waals surface area (Å²) >= 11 is 0. The zero-order chi connectivity index (χ0) is 24.6. The highest BCUT2D eigenvalue weighted by atomic mass is 16.5. The molecule has 0 radical (unpaired) electrons. The van der Waals surface area contributed by atoms with E-state index in [1.807, 2.05) is 6.07 Å². The fraction of sp³-hybridized carbons (Fsp3) is 0.593. The van der Waals surface area contributed by atoms with Crippen LogP contribution in [0.4, 0.5) is 0 Å². The van der Waals surface area contributed by atoms with Crippen molar-refractivity contribution in [2.75, 3.05) is 39.9 Å². The first-order chi connectivity index (χ1) is 16.2. The van der Waals surface area contributed by atoms with Crippen molar-refractivity contribution in [2.45, 2.75) is 59.5 Å². The Labute approximate surface area is 202 Å². The molecule has 3 aliphatic heterocycles. The van der Waals surface area contributed by atoms with Gasteiger partial charge in [-0.25, -0.2) is 4.79 Å². The molecule has 2 fully saturated rings. The molecule has 2 saturated heterocycles. The van der Waals surface area contributed by atoms with Gasteiger partial charge in [0.2, 0.25) is 5.91 Å². The van der Waals surface area contributed by atoms with E-state index in [4.69, 9.17) is 9.47 Å². The van der Waals surface area contributed by atoms with Gasteiger partial charge in [0.1, 0.15) is 6.61 Å². The van der Waals surface area contributed by atoms with Crippen LogP contribution in [0.5, 0.6) is 0 Å². The van der Waals surface area contributed by atoms with Gasteiger partial charge in [-0.2, -0.15) is 0 Å². The van der Waals surface area contributed by atoms with E-state index < -0.39 is 5.41 Å². The molecule has 4 rings (SSSR count). The Morgan fingerprint density at radius 3 is 2.56 bits per heavy atom. The SMILES string of the molecule is CCc1c(C(C)=O)ccc(CCN2CCC3(CCN(C4=C(C)C(=O)OC4)C3=O)C(OC)C2)c1C. The predicted molar refractivity (Wildman–Crippen MR) is 129 cm³/mol. The Kier molecular flexibility index (Phi) is 6.97. The minimum Gasteiger partial charge on any atom is -0.456 e. The summed E-state index contributed by atoms with van der Waals surface area (Å²) in [6, 6.07) is 4.05. The Balaban J connectivity index is 1.44. The van der Waals surface area contributed by atoms with Gasteiger partial charge in [-0.3, -0.25) is 9.59 Å². The average molecular weight is 469 g/mol. The number of rotatable bonds is 7. The molecule has 0 saturated carbocycles. The van der Waals surface area contributed by atoms with Gasteiger partial charge in [-0.1, -0.05) is 19.1 Å². The molecule has 0 N–H and O–H groups in total. The highest BCUT2D eigenvalue weighted by molar-refractivity contribution is 5.96. The van der Waals surface area contributed by atoms with Crippen molar-refractivity contribution in [1.29, 1.82) is 0 Å². The summed E-state index contributed by atoms with van der Waals surface area (Å²) in [5, 5.41) is 0. The van der Waals surface area contributed by atoms with Gasteiger partial charge in [-0.05, 0) is 69.7 Å². The van der Waals surface area contributed by atoms with Crippen LogP contribution in [0.25, 0.3) is 0 Å². The molecule has 2 unspecified atom stereocenters. The van der Waals surface area contributed by atoms with Crippen molar-refractivity contribution >= 4 is 17.7 Å². The standard InChI is InChI=1S/C27H36N2O5/c1-6-21-17(2)20(7-8-22(21)19(4)30)9-12-28-13-10-27(24(15-28)33-5)11-14-29(26(27)32)23-16-34-25(31)18(23)3/h7-8,24H,6,9-16H2,1-5H3. The fourth-order valence-electron chi connectivity index (χ4n) is 5.99. The summed E-state index contributed by atoms with van der Waals surface area (Å²) in [7, 11) is 1.69. The molecule has 3 heterocycles. The number of carbonyl (C=O) groups is 3. The summed E-state index contributed by atoms with van der Waals surface area (Å²) < 4.78 is 11.0. The van der Waals surface area contributed by atoms with Crippen LogP contribution in [-0.4, -0.2) is 73.5 Å². The molecule has 1 amide bonds. The van der Waals surface area contributed by atoms with Crippen LogP contribution in [0.2, 0.25) is 0 Å². The van der Waals surface area contributed by atoms with Crippen molar-refractivity contribution in [3.63, 3.8) is 0 Å². The summed E-state index contributed by atoms with van der Waals surface area (Å²) in [4.78, 5) is 41.5. The number of ketones is 1. The number of Topliss-reactive ketones (excluding diaryl/α,β-unsaturated/α-hetero) is 1. The normalized spacial score (nSPS) is 25.6. The number of ether oxygens (including phenoxy) is 2. The number of methoxy groups -OCH3 is 1. The Bertz CT molecular complexity index is 1050. The van der Waals surface area contributed by atoms with E-state index >= 15 is 0 Å². The molecule has 34 heavy (non-hydrogen) atoms. The number of carbonyl (C=O) groups excluding carboxylic acids is 3. The number of hydrogen-bond acceptors (Lipinski definition) is 6. The first kappa shape index (κ1) is 24.6. The van der Waals surface area contributed by atoms with Crippen molar-refractivity contribution in [3.05, 3.63) is 45.7 Å². The minimum absolute atomic E-state index is 0.0647. The third-order valence-electron chi connectivity index (χ3n) is 8.20. The second kappa shape index (κ2) is 9.62. The first-order valence-electron chi connectivity index (χ1n) is 12.3. The van der Waals surface area contributed by atoms with Crippen molar-refractivity contribution in [2.24, 2.45) is 5.41 Å². The number of amides is 1. The van der Waals surface area contributed by atoms with Gasteiger partial charge in [0.05, 0.1) is 22.8 Å². The molecule has 7 nitrogen and oxygen atoms in total. The molecule has 1 aromatic rings. The quantitative estimate of drug-likeness (QED) is 0.452. The molecular formula is C27H36N2O5. The lowest BCUT2D eigenvalue weighted by Crippen LogP contribution is -2.55. The Morgan fingerprint density at radius 1 is 1.21 bits per heavy atom. The van der Waals surface area contributed by atoms with Crippen LogP contribution in [0, 0.1) is 12.3 Å². The molecule has 0 bridgehead atoms. The molecule has 0 aliphatic carbocycles. The zero-order valence-electron chi connectivity index (χ0n) is 21.0. The van der Waals surface area contributed by atoms with Crippen molar-refractivity contribution < 1.29 is 23.9 Å². The summed E-state index contributed by atoms with van der Waals surface area (Å²) in [5.41, 5.74) is 5.16. The fourth-order valence-corrected chi connectivity index (χ4v) is 5.99. The second-order valence-corrected chi connectivity index (χ2v) is 9.82. The van der Waals surface area contributed by atoms with E-state index in [9.17, 15) is 14.4 Å². The molecule has 2 atom stereocenters. The lowest BCUT2D eigenvalue weighted by atomic mass is 9.74. The largest absolute Gasteiger partial charge is 0.456 e. The average Bonchev–Trinajstić information content (AvgIpc) is 3.32. The maximum absolute atomic E-state index is 13.6. The van der Waals surface area contributed by atoms with E-state index in [1.165, 1.54) is 11.1 Å². The predicted octanol–water partition coefficient (Wildman–Crippen LogP) is 3.07. The first-order valence-corrected chi connectivity index (χ1v) is 12.3. The number of nitrogens with zero attached hydrogens (tertiary/aromatic N) is 2. The molecule has 1 aromatic carbocycles. The van der Waals surface area contributed by atoms with Gasteiger partial charge >= 0.3 is 5.97 Å². The molecule has 3 aliphatic rings. The van der Waals surface area contributed by atoms with E-state index in [2.05, 4.69) is 24.8 Å². The van der Waals surface area contributed by atoms with E-state index in [0.717, 1.165) is 49.9 Å². The monoisotopic (exact) mass is 468 g/mol. The van der Waals surface area contributed by atoms with Crippen LogP contribution in [-0.2, 0) is 31.9 Å². The molecule has 7 heteroatoms. The van der Waals surface area contributed by atoms with Crippen LogP contribution in [0.15, 0.2) is 23.4 Å². The minimum atomic E-state index is -0.543. The highest BCUT2D eigenvalue weighted by Gasteiger charge is 2.55. The summed E-state index contributed by atoms with van der Waals surface area (Å²) in [6.07, 6.45) is 3.02. The summed E-state index contributed by atoms with van der Waals surface area (Å²) in [5.74, 6) is -0.153. The van der Waals surface area contributed by atoms with E-state index in [0.29, 0.717) is 24.4 Å². The second-order valence-electron chi connectivity index (χ2n) is 9.82. The smallest absolute Gasteiger partial charge is 0.336 e. The number of hydrogen-bond donors (Lipinski definition) is 0. The zero-order valence-corrected chi connectivity index (χ0v) is 21.0. The maximum atomic E-state index is 13.6. The van der Waals surface area contributed by atoms with Gasteiger partial charge in [0, 0.05) is 32.3 Å². The highest BCUT2D eigenvalue weighted by Crippen LogP contribution is 2.45. The van der Waals surface area contributed by atoms with E-state index in [1.54, 1.807) is 25.9 Å². The van der Waals surface area contributed by atoms with Gasteiger partial charge in [0.25, 0.3) is 0 Å². The molecule has 184 valence electrons. The molecule has 1 spiro atoms. The van der Waals surface area contributed by atoms with Crippen LogP contribution in [0.1, 0.15) is 60.7 Å². The van der Waals surface area contributed by atoms with Crippen molar-refractivity contribution in [1.82, 2.24) is 9.80 Å². The Hall–Kier alpha value is -2.51. The van der Waals surface area contributed by atoms with Gasteiger partial charge in [-0.15, -0.1) is 0 Å². The third-order valence-corrected chi connectivity index (χ3v) is 8.20.